The number of carbonyl (C=O) groups excluding carboxylic acids is 2. The van der Waals surface area contributed by atoms with E-state index in [4.69, 9.17) is 39.9 Å². The third-order valence-corrected chi connectivity index (χ3v) is 12.9. The summed E-state index contributed by atoms with van der Waals surface area (Å²) in [5.74, 6) is 3.14. The number of carbonyl (C=O) groups is 2. The minimum Gasteiger partial charge on any atom is -0.393 e. The lowest BCUT2D eigenvalue weighted by atomic mass is 10.0. The molecule has 8 rings (SSSR count). The Morgan fingerprint density at radius 1 is 0.692 bits per heavy atom. The number of Topliss-reactive ketones (excluding diaryl/α,β-unsaturated/α-hetero) is 2. The summed E-state index contributed by atoms with van der Waals surface area (Å²) in [7, 11) is 0. The molecule has 0 bridgehead atoms. The number of hydrogen-bond acceptors (Lipinski definition) is 16. The standard InChI is InChI=1S/C22H24ClN5O2S.C17H14Cl2N4OS.C5H11NO.2CH4/c1-13-4-3-5-17(23)16(13)10-18(30)19-12-24-22(31-19)27-20-11-21(26-14(2)25-20)28-8-6-15(29)7-9-28;1-9-4-3-5-12(18)11(9)6-13(24)14-8-20-17(25-14)23-16-7-15(19)21-10(2)22-16;7-5-1-3-6-4-2-5;;/h3-5,11-12,15,29H,6-10H2,1-2H3,(H,24,25,26,27);3-5,7-8H,6H2,1-2H3,(H,20,21,22,23);5-7H,1-4H2;2*1H4. The molecule has 6 aromatic rings. The van der Waals surface area contributed by atoms with E-state index in [-0.39, 0.29) is 51.5 Å². The second-order valence-electron chi connectivity index (χ2n) is 15.1. The van der Waals surface area contributed by atoms with Crippen LogP contribution in [0, 0.1) is 27.7 Å². The summed E-state index contributed by atoms with van der Waals surface area (Å²) in [5, 5.41) is 30.7. The van der Waals surface area contributed by atoms with Crippen molar-refractivity contribution in [2.24, 2.45) is 0 Å². The third kappa shape index (κ3) is 15.7. The maximum absolute atomic E-state index is 12.8. The van der Waals surface area contributed by atoms with Crippen LogP contribution < -0.4 is 20.9 Å². The van der Waals surface area contributed by atoms with E-state index in [1.54, 1.807) is 37.5 Å². The number of nitrogens with one attached hydrogen (secondary N) is 3. The first-order valence-corrected chi connectivity index (χ1v) is 23.2. The molecule has 0 saturated carbocycles. The second kappa shape index (κ2) is 25.3. The number of rotatable bonds is 11. The highest BCUT2D eigenvalue weighted by molar-refractivity contribution is 7.17. The van der Waals surface area contributed by atoms with E-state index >= 15 is 0 Å². The molecule has 0 spiro atoms. The predicted octanol–water partition coefficient (Wildman–Crippen LogP) is 10.4. The maximum atomic E-state index is 12.8. The molecule has 2 aliphatic heterocycles. The van der Waals surface area contributed by atoms with Gasteiger partial charge in [0, 0.05) is 48.1 Å². The van der Waals surface area contributed by atoms with Crippen LogP contribution in [0.4, 0.5) is 27.7 Å². The van der Waals surface area contributed by atoms with Crippen molar-refractivity contribution in [1.29, 1.82) is 0 Å². The minimum absolute atomic E-state index is 0. The zero-order valence-electron chi connectivity index (χ0n) is 35.3. The number of aliphatic hydroxyl groups excluding tert-OH is 2. The van der Waals surface area contributed by atoms with Gasteiger partial charge in [0.05, 0.1) is 34.4 Å². The number of benzene rings is 2. The van der Waals surface area contributed by atoms with E-state index in [1.807, 2.05) is 51.1 Å². The zero-order chi connectivity index (χ0) is 45.0. The Morgan fingerprint density at radius 2 is 1.15 bits per heavy atom. The maximum Gasteiger partial charge on any atom is 0.188 e. The molecule has 0 atom stereocenters. The lowest BCUT2D eigenvalue weighted by Crippen LogP contribution is -2.36. The van der Waals surface area contributed by atoms with Gasteiger partial charge in [0.25, 0.3) is 0 Å². The van der Waals surface area contributed by atoms with Crippen molar-refractivity contribution in [2.75, 3.05) is 41.7 Å². The molecule has 6 heterocycles. The van der Waals surface area contributed by atoms with Gasteiger partial charge in [-0.15, -0.1) is 0 Å². The lowest BCUT2D eigenvalue weighted by Gasteiger charge is -2.30. The van der Waals surface area contributed by atoms with E-state index in [2.05, 4.69) is 50.8 Å². The molecule has 5 N–H and O–H groups in total. The third-order valence-electron chi connectivity index (χ3n) is 10.1. The normalized spacial score (nSPS) is 13.8. The molecule has 0 radical (unpaired) electrons. The van der Waals surface area contributed by atoms with Crippen LogP contribution >= 0.6 is 57.5 Å². The number of thiazole rings is 2. The Kier molecular flexibility index (Phi) is 20.6. The second-order valence-corrected chi connectivity index (χ2v) is 18.3. The van der Waals surface area contributed by atoms with Crippen molar-refractivity contribution < 1.29 is 19.8 Å². The highest BCUT2D eigenvalue weighted by atomic mass is 35.5. The Balaban J connectivity index is 0.000000244. The van der Waals surface area contributed by atoms with Crippen molar-refractivity contribution >= 4 is 96.8 Å². The smallest absolute Gasteiger partial charge is 0.188 e. The minimum atomic E-state index is -0.238. The van der Waals surface area contributed by atoms with Gasteiger partial charge in [0.1, 0.15) is 34.3 Å². The Labute approximate surface area is 404 Å². The van der Waals surface area contributed by atoms with Crippen molar-refractivity contribution in [1.82, 2.24) is 35.2 Å². The highest BCUT2D eigenvalue weighted by Gasteiger charge is 2.21. The molecular weight excluding hydrogens is 927 g/mol. The van der Waals surface area contributed by atoms with Crippen LogP contribution in [0.2, 0.25) is 15.2 Å². The van der Waals surface area contributed by atoms with Gasteiger partial charge in [0.2, 0.25) is 0 Å². The lowest BCUT2D eigenvalue weighted by molar-refractivity contribution is 0.0988. The van der Waals surface area contributed by atoms with E-state index < -0.39 is 0 Å². The van der Waals surface area contributed by atoms with E-state index in [9.17, 15) is 14.7 Å². The molecule has 19 heteroatoms. The monoisotopic (exact) mass is 982 g/mol. The number of halogens is 3. The number of hydrogen-bond donors (Lipinski definition) is 5. The zero-order valence-corrected chi connectivity index (χ0v) is 39.2. The van der Waals surface area contributed by atoms with Gasteiger partial charge >= 0.3 is 0 Å². The number of aromatic nitrogens is 6. The summed E-state index contributed by atoms with van der Waals surface area (Å²) in [4.78, 5) is 54.3. The fourth-order valence-electron chi connectivity index (χ4n) is 6.69. The molecule has 2 fully saturated rings. The molecule has 0 amide bonds. The molecule has 2 saturated heterocycles. The number of piperidine rings is 2. The van der Waals surface area contributed by atoms with E-state index in [0.29, 0.717) is 58.5 Å². The summed E-state index contributed by atoms with van der Waals surface area (Å²) in [6.07, 6.45) is 6.68. The molecule has 2 aliphatic rings. The summed E-state index contributed by atoms with van der Waals surface area (Å²) in [6.45, 7) is 11.0. The number of ketones is 2. The molecule has 2 aromatic carbocycles. The van der Waals surface area contributed by atoms with Crippen molar-refractivity contribution in [3.05, 3.63) is 120 Å². The summed E-state index contributed by atoms with van der Waals surface area (Å²) in [5.41, 5.74) is 3.68. The molecule has 0 unspecified atom stereocenters. The van der Waals surface area contributed by atoms with Crippen LogP contribution in [0.3, 0.4) is 0 Å². The van der Waals surface area contributed by atoms with Gasteiger partial charge in [-0.2, -0.15) is 0 Å². The molecule has 14 nitrogen and oxygen atoms in total. The first kappa shape index (κ1) is 53.0. The molecule has 348 valence electrons. The fourth-order valence-corrected chi connectivity index (χ4v) is 9.02. The first-order valence-electron chi connectivity index (χ1n) is 20.4. The Morgan fingerprint density at radius 3 is 1.60 bits per heavy atom. The van der Waals surface area contributed by atoms with Crippen LogP contribution in [0.5, 0.6) is 0 Å². The average molecular weight is 985 g/mol. The quantitative estimate of drug-likeness (QED) is 0.0609. The van der Waals surface area contributed by atoms with Gasteiger partial charge in [-0.1, -0.05) is 96.6 Å². The van der Waals surface area contributed by atoms with Crippen LogP contribution in [0.25, 0.3) is 0 Å². The summed E-state index contributed by atoms with van der Waals surface area (Å²) >= 11 is 20.9. The van der Waals surface area contributed by atoms with Crippen LogP contribution in [-0.2, 0) is 12.8 Å². The topological polar surface area (TPSA) is 191 Å². The van der Waals surface area contributed by atoms with Crippen molar-refractivity contribution in [2.45, 2.75) is 93.3 Å². The van der Waals surface area contributed by atoms with Crippen LogP contribution in [0.15, 0.2) is 60.9 Å². The van der Waals surface area contributed by atoms with Gasteiger partial charge in [-0.05, 0) is 101 Å². The van der Waals surface area contributed by atoms with E-state index in [1.165, 1.54) is 22.7 Å². The largest absolute Gasteiger partial charge is 0.393 e. The molecule has 0 aliphatic carbocycles. The molecular formula is C46H57Cl3N10O4S2. The summed E-state index contributed by atoms with van der Waals surface area (Å²) < 4.78 is 0. The number of nitrogens with zero attached hydrogens (tertiary/aromatic N) is 7. The van der Waals surface area contributed by atoms with Gasteiger partial charge in [0.15, 0.2) is 21.8 Å². The number of anilines is 5. The van der Waals surface area contributed by atoms with Crippen molar-refractivity contribution in [3.63, 3.8) is 0 Å². The van der Waals surface area contributed by atoms with Gasteiger partial charge in [-0.3, -0.25) is 9.59 Å². The summed E-state index contributed by atoms with van der Waals surface area (Å²) in [6, 6.07) is 14.7. The highest BCUT2D eigenvalue weighted by Crippen LogP contribution is 2.29. The Bertz CT molecular complexity index is 2450. The van der Waals surface area contributed by atoms with E-state index in [0.717, 1.165) is 79.9 Å². The van der Waals surface area contributed by atoms with Gasteiger partial charge in [-0.25, -0.2) is 29.9 Å². The SMILES string of the molecule is C.C.Cc1nc(Cl)cc(Nc2ncc(C(=O)Cc3c(C)cccc3Cl)s2)n1.Cc1nc(Nc2ncc(C(=O)Cc3c(C)cccc3Cl)s2)cc(N2CCC(O)CC2)n1.OC1CCNCC1. The van der Waals surface area contributed by atoms with Crippen LogP contribution in [-0.4, -0.2) is 90.1 Å². The predicted molar refractivity (Wildman–Crippen MR) is 267 cm³/mol. The first-order chi connectivity index (χ1) is 30.2. The molecule has 4 aromatic heterocycles. The number of aryl methyl sites for hydroxylation is 4. The van der Waals surface area contributed by atoms with Gasteiger partial charge < -0.3 is 31.1 Å². The Hall–Kier alpha value is -4.65. The van der Waals surface area contributed by atoms with Crippen LogP contribution in [0.1, 0.15) is 93.8 Å². The molecule has 65 heavy (non-hydrogen) atoms. The fraction of sp³-hybridized carbons (Fsp3) is 0.391. The number of aliphatic hydroxyl groups is 2. The average Bonchev–Trinajstić information content (AvgIpc) is 3.91. The van der Waals surface area contributed by atoms with Crippen molar-refractivity contribution in [3.8, 4) is 0 Å².